The third-order valence-electron chi connectivity index (χ3n) is 4.33. The van der Waals surface area contributed by atoms with Gasteiger partial charge >= 0.3 is 8.25 Å². The van der Waals surface area contributed by atoms with Crippen molar-refractivity contribution in [2.45, 2.75) is 24.6 Å². The van der Waals surface area contributed by atoms with E-state index in [0.717, 1.165) is 5.69 Å². The molecule has 1 aliphatic heterocycles. The normalized spacial score (nSPS) is 25.2. The molecule has 4 rings (SSSR count). The molecule has 0 saturated carbocycles. The fraction of sp³-hybridized carbons (Fsp3) is 0.312. The van der Waals surface area contributed by atoms with Crippen molar-refractivity contribution in [2.75, 3.05) is 11.9 Å². The lowest BCUT2D eigenvalue weighted by Gasteiger charge is -2.15. The smallest absolute Gasteiger partial charge is 0.394 e. The molecule has 28 heavy (non-hydrogen) atoms. The second-order valence-corrected chi connectivity index (χ2v) is 6.72. The van der Waals surface area contributed by atoms with Gasteiger partial charge in [0.05, 0.1) is 12.9 Å². The van der Waals surface area contributed by atoms with Gasteiger partial charge in [0.1, 0.15) is 12.4 Å². The number of anilines is 2. The van der Waals surface area contributed by atoms with Crippen LogP contribution in [0, 0.1) is 0 Å². The largest absolute Gasteiger partial charge is 0.695 e. The average molecular weight is 408 g/mol. The van der Waals surface area contributed by atoms with Crippen LogP contribution in [0.5, 0.6) is 0 Å². The van der Waals surface area contributed by atoms with Gasteiger partial charge in [0.2, 0.25) is 0 Å². The Morgan fingerprint density at radius 2 is 2.07 bits per heavy atom. The Labute approximate surface area is 158 Å². The van der Waals surface area contributed by atoms with Crippen molar-refractivity contribution in [2.24, 2.45) is 0 Å². The van der Waals surface area contributed by atoms with Crippen LogP contribution < -0.4 is 5.32 Å². The monoisotopic (exact) mass is 408 g/mol. The van der Waals surface area contributed by atoms with Gasteiger partial charge in [-0.05, 0) is 12.1 Å². The fourth-order valence-electron chi connectivity index (χ4n) is 3.08. The summed E-state index contributed by atoms with van der Waals surface area (Å²) in [5.41, 5.74) is 1.48. The first-order valence-electron chi connectivity index (χ1n) is 8.31. The minimum absolute atomic E-state index is 0.298. The molecular weight excluding hydrogens is 392 g/mol. The standard InChI is InChI=1S/C16H15FN5O5P/c17-11-13(27-28(24)25)10(6-23)26-16(11)22-8-20-12-14(18-7-19-15(12)22)21-9-4-2-1-3-5-9/h1-5,7-8,10-11,13,16,23H,6H2,(H-,18,19,21,24,25)/p+1/t10-,11-,13-,16-/m1/s1. The number of hydrogen-bond donors (Lipinski definition) is 3. The third kappa shape index (κ3) is 3.46. The van der Waals surface area contributed by atoms with Crippen LogP contribution in [-0.2, 0) is 13.8 Å². The maximum absolute atomic E-state index is 14.9. The van der Waals surface area contributed by atoms with Crippen LogP contribution in [0.1, 0.15) is 6.23 Å². The summed E-state index contributed by atoms with van der Waals surface area (Å²) in [7, 11) is -3.06. The minimum Gasteiger partial charge on any atom is -0.394 e. The quantitative estimate of drug-likeness (QED) is 0.523. The summed E-state index contributed by atoms with van der Waals surface area (Å²) in [5.74, 6) is 0.424. The third-order valence-corrected chi connectivity index (χ3v) is 4.75. The Bertz CT molecular complexity index is 990. The number of aliphatic hydroxyl groups is 1. The zero-order chi connectivity index (χ0) is 19.7. The highest BCUT2D eigenvalue weighted by atomic mass is 31.1. The van der Waals surface area contributed by atoms with Crippen LogP contribution in [0.25, 0.3) is 11.2 Å². The molecule has 1 aliphatic rings. The molecule has 3 heterocycles. The Hall–Kier alpha value is -2.56. The van der Waals surface area contributed by atoms with E-state index in [1.54, 1.807) is 0 Å². The average Bonchev–Trinajstić information content (AvgIpc) is 3.25. The Balaban J connectivity index is 1.67. The van der Waals surface area contributed by atoms with Gasteiger partial charge in [0, 0.05) is 10.3 Å². The number of para-hydroxylation sites is 1. The van der Waals surface area contributed by atoms with E-state index in [0.29, 0.717) is 17.0 Å². The van der Waals surface area contributed by atoms with E-state index in [9.17, 15) is 14.1 Å². The maximum atomic E-state index is 14.9. The van der Waals surface area contributed by atoms with Gasteiger partial charge in [0.15, 0.2) is 35.5 Å². The highest BCUT2D eigenvalue weighted by molar-refractivity contribution is 7.32. The number of alkyl halides is 1. The molecule has 1 saturated heterocycles. The van der Waals surface area contributed by atoms with Crippen LogP contribution in [0.2, 0.25) is 0 Å². The molecule has 2 aromatic heterocycles. The number of imidazole rings is 1. The highest BCUT2D eigenvalue weighted by Gasteiger charge is 2.51. The number of rotatable bonds is 6. The van der Waals surface area contributed by atoms with Gasteiger partial charge in [-0.15, -0.1) is 9.42 Å². The van der Waals surface area contributed by atoms with Crippen molar-refractivity contribution in [3.8, 4) is 0 Å². The van der Waals surface area contributed by atoms with E-state index in [1.165, 1.54) is 17.2 Å². The predicted molar refractivity (Wildman–Crippen MR) is 95.6 cm³/mol. The van der Waals surface area contributed by atoms with Crippen LogP contribution in [0.3, 0.4) is 0 Å². The van der Waals surface area contributed by atoms with Crippen molar-refractivity contribution >= 4 is 30.9 Å². The second kappa shape index (κ2) is 7.82. The van der Waals surface area contributed by atoms with Crippen molar-refractivity contribution in [3.05, 3.63) is 43.0 Å². The molecule has 146 valence electrons. The zero-order valence-electron chi connectivity index (χ0n) is 14.3. The topological polar surface area (TPSA) is 132 Å². The summed E-state index contributed by atoms with van der Waals surface area (Å²) in [6, 6.07) is 9.31. The molecule has 0 bridgehead atoms. The lowest BCUT2D eigenvalue weighted by Crippen LogP contribution is -2.32. The number of nitrogens with one attached hydrogen (secondary N) is 1. The zero-order valence-corrected chi connectivity index (χ0v) is 15.2. The SMILES string of the molecule is O=[P+](O)O[C@H]1[C@@H](F)[C@H](n2cnc3c(Nc4ccccc4)ncnc32)O[C@@H]1CO. The molecule has 0 radical (unpaired) electrons. The maximum Gasteiger partial charge on any atom is 0.695 e. The Morgan fingerprint density at radius 1 is 1.29 bits per heavy atom. The molecule has 1 fully saturated rings. The van der Waals surface area contributed by atoms with E-state index in [1.807, 2.05) is 30.3 Å². The summed E-state index contributed by atoms with van der Waals surface area (Å²) < 4.78 is 37.4. The van der Waals surface area contributed by atoms with Gasteiger partial charge in [-0.3, -0.25) is 4.57 Å². The van der Waals surface area contributed by atoms with Crippen molar-refractivity contribution in [1.29, 1.82) is 0 Å². The molecule has 0 aliphatic carbocycles. The van der Waals surface area contributed by atoms with Crippen LogP contribution in [0.15, 0.2) is 43.0 Å². The highest BCUT2D eigenvalue weighted by Crippen LogP contribution is 2.39. The molecule has 3 N–H and O–H groups in total. The molecule has 3 aromatic rings. The summed E-state index contributed by atoms with van der Waals surface area (Å²) in [6.45, 7) is -0.576. The van der Waals surface area contributed by atoms with E-state index in [2.05, 4.69) is 20.3 Å². The fourth-order valence-corrected chi connectivity index (χ4v) is 3.54. The second-order valence-electron chi connectivity index (χ2n) is 6.04. The lowest BCUT2D eigenvalue weighted by atomic mass is 10.1. The molecular formula is C16H16FN5O5P+. The van der Waals surface area contributed by atoms with Crippen LogP contribution in [-0.4, -0.2) is 54.5 Å². The number of benzene rings is 1. The van der Waals surface area contributed by atoms with Gasteiger partial charge < -0.3 is 15.2 Å². The van der Waals surface area contributed by atoms with Crippen LogP contribution in [0.4, 0.5) is 15.9 Å². The first kappa shape index (κ1) is 18.8. The summed E-state index contributed by atoms with van der Waals surface area (Å²) in [6.07, 6.45) is -2.92. The predicted octanol–water partition coefficient (Wildman–Crippen LogP) is 1.83. The number of ether oxygens (including phenoxy) is 1. The van der Waals surface area contributed by atoms with E-state index < -0.39 is 39.5 Å². The Morgan fingerprint density at radius 3 is 2.79 bits per heavy atom. The number of aliphatic hydroxyl groups excluding tert-OH is 1. The summed E-state index contributed by atoms with van der Waals surface area (Å²) in [5, 5.41) is 12.5. The molecule has 5 atom stereocenters. The molecule has 1 unspecified atom stereocenters. The molecule has 1 aromatic carbocycles. The number of nitrogens with zero attached hydrogens (tertiary/aromatic N) is 4. The molecule has 0 amide bonds. The van der Waals surface area contributed by atoms with Gasteiger partial charge in [-0.25, -0.2) is 19.3 Å². The number of fused-ring (bicyclic) bond motifs is 1. The van der Waals surface area contributed by atoms with E-state index in [-0.39, 0.29) is 0 Å². The molecule has 12 heteroatoms. The van der Waals surface area contributed by atoms with E-state index in [4.69, 9.17) is 14.2 Å². The van der Waals surface area contributed by atoms with E-state index >= 15 is 0 Å². The van der Waals surface area contributed by atoms with Gasteiger partial charge in [-0.2, -0.15) is 0 Å². The Kier molecular flexibility index (Phi) is 5.25. The molecule has 10 nitrogen and oxygen atoms in total. The van der Waals surface area contributed by atoms with Gasteiger partial charge in [0.25, 0.3) is 0 Å². The van der Waals surface area contributed by atoms with Crippen LogP contribution >= 0.6 is 8.25 Å². The number of hydrogen-bond acceptors (Lipinski definition) is 8. The van der Waals surface area contributed by atoms with Crippen molar-refractivity contribution < 1.29 is 28.2 Å². The number of aromatic nitrogens is 4. The lowest BCUT2D eigenvalue weighted by molar-refractivity contribution is -0.0436. The minimum atomic E-state index is -3.06. The first-order valence-corrected chi connectivity index (χ1v) is 9.44. The van der Waals surface area contributed by atoms with Gasteiger partial charge in [-0.1, -0.05) is 18.2 Å². The van der Waals surface area contributed by atoms with Crippen molar-refractivity contribution in [1.82, 2.24) is 19.5 Å². The van der Waals surface area contributed by atoms with Crippen molar-refractivity contribution in [3.63, 3.8) is 0 Å². The first-order chi connectivity index (χ1) is 13.6. The summed E-state index contributed by atoms with van der Waals surface area (Å²) >= 11 is 0. The molecule has 0 spiro atoms. The summed E-state index contributed by atoms with van der Waals surface area (Å²) in [4.78, 5) is 21.5. The number of halogens is 1.